The molecule has 1 amide bonds. The largest absolute Gasteiger partial charge is 0.448 e. The van der Waals surface area contributed by atoms with E-state index in [1.807, 2.05) is 17.9 Å². The summed E-state index contributed by atoms with van der Waals surface area (Å²) in [5.74, 6) is -0.558. The van der Waals surface area contributed by atoms with Crippen LogP contribution in [0.15, 0.2) is 18.2 Å². The van der Waals surface area contributed by atoms with Crippen LogP contribution in [0.3, 0.4) is 0 Å². The first-order chi connectivity index (χ1) is 13.8. The van der Waals surface area contributed by atoms with E-state index in [9.17, 15) is 25.8 Å². The number of aryl methyl sites for hydroxylation is 1. The van der Waals surface area contributed by atoms with Crippen LogP contribution in [0.25, 0.3) is 0 Å². The van der Waals surface area contributed by atoms with Crippen LogP contribution in [0.2, 0.25) is 0 Å². The lowest BCUT2D eigenvalue weighted by Gasteiger charge is -2.24. The van der Waals surface area contributed by atoms with Gasteiger partial charge in [0.1, 0.15) is 6.61 Å². The fourth-order valence-corrected chi connectivity index (χ4v) is 4.94. The van der Waals surface area contributed by atoms with Gasteiger partial charge in [0, 0.05) is 31.0 Å². The van der Waals surface area contributed by atoms with Crippen molar-refractivity contribution in [3.63, 3.8) is 0 Å². The Bertz CT molecular complexity index is 964. The van der Waals surface area contributed by atoms with Gasteiger partial charge >= 0.3 is 6.09 Å². The fraction of sp³-hybridized carbons (Fsp3) is 0.562. The van der Waals surface area contributed by atoms with E-state index in [1.54, 1.807) is 19.1 Å². The maximum atomic E-state index is 11.9. The molecule has 14 heteroatoms. The van der Waals surface area contributed by atoms with Crippen LogP contribution in [0.1, 0.15) is 12.5 Å². The van der Waals surface area contributed by atoms with Gasteiger partial charge in [0.2, 0.25) is 10.0 Å². The van der Waals surface area contributed by atoms with Crippen LogP contribution >= 0.6 is 0 Å². The van der Waals surface area contributed by atoms with Crippen molar-refractivity contribution in [2.45, 2.75) is 13.8 Å². The molecule has 0 aliphatic heterocycles. The van der Waals surface area contributed by atoms with Crippen molar-refractivity contribution in [2.24, 2.45) is 0 Å². The highest BCUT2D eigenvalue weighted by atomic mass is 32.3. The number of anilines is 2. The van der Waals surface area contributed by atoms with Crippen LogP contribution < -0.4 is 14.9 Å². The third-order valence-corrected chi connectivity index (χ3v) is 7.61. The van der Waals surface area contributed by atoms with Gasteiger partial charge in [-0.05, 0) is 37.6 Å². The van der Waals surface area contributed by atoms with Crippen LogP contribution in [-0.2, 0) is 35.7 Å². The molecule has 0 aliphatic rings. The van der Waals surface area contributed by atoms with Gasteiger partial charge in [-0.25, -0.2) is 30.6 Å². The molecule has 172 valence electrons. The van der Waals surface area contributed by atoms with E-state index in [1.165, 1.54) is 0 Å². The van der Waals surface area contributed by atoms with Crippen LogP contribution in [0.4, 0.5) is 16.2 Å². The molecule has 1 unspecified atom stereocenters. The zero-order chi connectivity index (χ0) is 22.9. The lowest BCUT2D eigenvalue weighted by molar-refractivity contribution is 0.168. The molecule has 1 aromatic rings. The second kappa shape index (κ2) is 11.6. The molecule has 0 saturated heterocycles. The topological polar surface area (TPSA) is 159 Å². The summed E-state index contributed by atoms with van der Waals surface area (Å²) >= 11 is -2.48. The summed E-state index contributed by atoms with van der Waals surface area (Å²) in [6.45, 7) is 4.62. The molecule has 0 heterocycles. The minimum atomic E-state index is -3.80. The number of carbonyl (C=O) groups is 1. The molecule has 1 aromatic carbocycles. The van der Waals surface area contributed by atoms with Gasteiger partial charge in [-0.2, -0.15) is 0 Å². The summed E-state index contributed by atoms with van der Waals surface area (Å²) in [5.41, 5.74) is 2.03. The normalized spacial score (nSPS) is 12.9. The number of sulfonamides is 1. The molecule has 3 N–H and O–H groups in total. The molecule has 0 aliphatic carbocycles. The van der Waals surface area contributed by atoms with Crippen LogP contribution in [0.5, 0.6) is 0 Å². The summed E-state index contributed by atoms with van der Waals surface area (Å²) in [5, 5.41) is 1.60. The third kappa shape index (κ3) is 10.3. The number of carbonyl (C=O) groups excluding carboxylic acids is 1. The van der Waals surface area contributed by atoms with E-state index in [0.29, 0.717) is 18.8 Å². The predicted octanol–water partition coefficient (Wildman–Crippen LogP) is 0.513. The first-order valence-electron chi connectivity index (χ1n) is 8.85. The average molecular weight is 486 g/mol. The maximum Gasteiger partial charge on any atom is 0.411 e. The molecule has 0 bridgehead atoms. The number of ether oxygens (including phenoxy) is 1. The van der Waals surface area contributed by atoms with E-state index in [4.69, 9.17) is 9.29 Å². The lowest BCUT2D eigenvalue weighted by Crippen LogP contribution is -2.34. The van der Waals surface area contributed by atoms with E-state index >= 15 is 0 Å². The Morgan fingerprint density at radius 2 is 1.93 bits per heavy atom. The highest BCUT2D eigenvalue weighted by molar-refractivity contribution is 8.03. The molecule has 0 spiro atoms. The van der Waals surface area contributed by atoms with E-state index in [-0.39, 0.29) is 6.54 Å². The molecular weight excluding hydrogens is 458 g/mol. The first kappa shape index (κ1) is 26.3. The number of rotatable bonds is 12. The SMILES string of the molecule is CCN(CCNS(C)(=O)=O)c1ccc(NC(=O)OCCS(=O)(=O)CS(=O)O)c(C)c1. The van der Waals surface area contributed by atoms with E-state index in [0.717, 1.165) is 17.5 Å². The highest BCUT2D eigenvalue weighted by Gasteiger charge is 2.16. The molecule has 0 aromatic heterocycles. The Kier molecular flexibility index (Phi) is 10.2. The summed E-state index contributed by atoms with van der Waals surface area (Å²) in [6, 6.07) is 5.23. The van der Waals surface area contributed by atoms with E-state index < -0.39 is 54.5 Å². The van der Waals surface area contributed by atoms with Gasteiger partial charge < -0.3 is 14.2 Å². The number of nitrogens with zero attached hydrogens (tertiary/aromatic N) is 1. The van der Waals surface area contributed by atoms with Crippen molar-refractivity contribution in [1.82, 2.24) is 4.72 Å². The molecule has 0 radical (unpaired) electrons. The minimum absolute atomic E-state index is 0.255. The van der Waals surface area contributed by atoms with Gasteiger partial charge in [0.15, 0.2) is 26.0 Å². The maximum absolute atomic E-state index is 11.9. The second-order valence-corrected chi connectivity index (χ2v) is 11.7. The number of benzene rings is 1. The summed E-state index contributed by atoms with van der Waals surface area (Å²) < 4.78 is 71.8. The molecular formula is C16H27N3O8S3. The lowest BCUT2D eigenvalue weighted by atomic mass is 10.1. The van der Waals surface area contributed by atoms with Crippen molar-refractivity contribution in [2.75, 3.05) is 53.6 Å². The van der Waals surface area contributed by atoms with Crippen molar-refractivity contribution in [3.05, 3.63) is 23.8 Å². The quantitative estimate of drug-likeness (QED) is 0.359. The Balaban J connectivity index is 2.64. The molecule has 11 nitrogen and oxygen atoms in total. The highest BCUT2D eigenvalue weighted by Crippen LogP contribution is 2.22. The number of hydrogen-bond acceptors (Lipinski definition) is 8. The zero-order valence-corrected chi connectivity index (χ0v) is 19.4. The minimum Gasteiger partial charge on any atom is -0.448 e. The molecule has 1 atom stereocenters. The standard InChI is InChI=1S/C16H27N3O8S3/c1-4-19(8-7-17-29(3,23)24)14-5-6-15(13(2)11-14)18-16(20)27-9-10-30(25,26)12-28(21)22/h5-6,11,17H,4,7-10,12H2,1-3H3,(H,18,20)(H,21,22). The average Bonchev–Trinajstić information content (AvgIpc) is 2.58. The number of hydrogen-bond donors (Lipinski definition) is 3. The van der Waals surface area contributed by atoms with Crippen LogP contribution in [0, 0.1) is 6.92 Å². The van der Waals surface area contributed by atoms with Gasteiger partial charge in [0.25, 0.3) is 0 Å². The number of amides is 1. The van der Waals surface area contributed by atoms with E-state index in [2.05, 4.69) is 10.0 Å². The summed E-state index contributed by atoms with van der Waals surface area (Å²) in [6.07, 6.45) is 0.242. The molecule has 30 heavy (non-hydrogen) atoms. The third-order valence-electron chi connectivity index (χ3n) is 3.85. The van der Waals surface area contributed by atoms with Crippen molar-refractivity contribution in [1.29, 1.82) is 0 Å². The monoisotopic (exact) mass is 485 g/mol. The Morgan fingerprint density at radius 1 is 1.27 bits per heavy atom. The summed E-state index contributed by atoms with van der Waals surface area (Å²) in [4.78, 5) is 13.8. The van der Waals surface area contributed by atoms with Crippen molar-refractivity contribution in [3.8, 4) is 0 Å². The fourth-order valence-electron chi connectivity index (χ4n) is 2.44. The van der Waals surface area contributed by atoms with Crippen molar-refractivity contribution < 1.29 is 35.1 Å². The Morgan fingerprint density at radius 3 is 2.47 bits per heavy atom. The van der Waals surface area contributed by atoms with Gasteiger partial charge in [-0.1, -0.05) is 0 Å². The van der Waals surface area contributed by atoms with Gasteiger partial charge in [0.05, 0.1) is 12.0 Å². The van der Waals surface area contributed by atoms with Crippen LogP contribution in [-0.4, -0.2) is 75.0 Å². The smallest absolute Gasteiger partial charge is 0.411 e. The molecule has 0 fully saturated rings. The number of nitrogens with one attached hydrogen (secondary N) is 2. The molecule has 1 rings (SSSR count). The second-order valence-electron chi connectivity index (χ2n) is 6.39. The number of likely N-dealkylation sites (N-methyl/N-ethyl adjacent to an activating group) is 1. The Labute approximate surface area is 179 Å². The molecule has 0 saturated carbocycles. The predicted molar refractivity (Wildman–Crippen MR) is 116 cm³/mol. The first-order valence-corrected chi connectivity index (χ1v) is 13.8. The zero-order valence-electron chi connectivity index (χ0n) is 17.0. The number of sulfone groups is 1. The van der Waals surface area contributed by atoms with Crippen molar-refractivity contribution >= 4 is 48.4 Å². The Hall–Kier alpha value is -1.74. The summed E-state index contributed by atoms with van der Waals surface area (Å²) in [7, 11) is -7.06. The van der Waals surface area contributed by atoms with Gasteiger partial charge in [-0.3, -0.25) is 5.32 Å². The van der Waals surface area contributed by atoms with Gasteiger partial charge in [-0.15, -0.1) is 0 Å².